The van der Waals surface area contributed by atoms with Crippen LogP contribution < -0.4 is 0 Å². The Balaban J connectivity index is 2.55. The summed E-state index contributed by atoms with van der Waals surface area (Å²) in [5.41, 5.74) is 0. The Kier molecular flexibility index (Phi) is 3.44. The maximum Gasteiger partial charge on any atom is 0.198 e. The third-order valence-electron chi connectivity index (χ3n) is 1.71. The molecule has 0 radical (unpaired) electrons. The standard InChI is InChI=1S/C7H12Cl2O2/c1-2-3-7(6(8)9)10-4-5-11-7/h6H,2-5H2,1H3. The van der Waals surface area contributed by atoms with Crippen LogP contribution in [0.2, 0.25) is 0 Å². The number of hydrogen-bond donors (Lipinski definition) is 0. The van der Waals surface area contributed by atoms with Gasteiger partial charge >= 0.3 is 0 Å². The molecular weight excluding hydrogens is 187 g/mol. The average Bonchev–Trinajstić information content (AvgIpc) is 2.38. The summed E-state index contributed by atoms with van der Waals surface area (Å²) in [6.45, 7) is 3.23. The van der Waals surface area contributed by atoms with Crippen molar-refractivity contribution in [3.63, 3.8) is 0 Å². The second kappa shape index (κ2) is 3.94. The number of halogens is 2. The lowest BCUT2D eigenvalue weighted by Crippen LogP contribution is -2.37. The first-order chi connectivity index (χ1) is 5.21. The maximum atomic E-state index is 5.74. The second-order valence-electron chi connectivity index (χ2n) is 2.56. The van der Waals surface area contributed by atoms with E-state index >= 15 is 0 Å². The van der Waals surface area contributed by atoms with Gasteiger partial charge in [0.15, 0.2) is 10.6 Å². The highest BCUT2D eigenvalue weighted by Crippen LogP contribution is 2.33. The summed E-state index contributed by atoms with van der Waals surface area (Å²) in [7, 11) is 0. The van der Waals surface area contributed by atoms with Crippen LogP contribution >= 0.6 is 23.2 Å². The largest absolute Gasteiger partial charge is 0.345 e. The number of rotatable bonds is 3. The van der Waals surface area contributed by atoms with Crippen LogP contribution in [-0.4, -0.2) is 23.8 Å². The number of alkyl halides is 2. The zero-order chi connectivity index (χ0) is 8.32. The van der Waals surface area contributed by atoms with Crippen molar-refractivity contribution in [1.82, 2.24) is 0 Å². The Hall–Kier alpha value is 0.500. The summed E-state index contributed by atoms with van der Waals surface area (Å²) in [6, 6.07) is 0. The lowest BCUT2D eigenvalue weighted by Gasteiger charge is -2.27. The summed E-state index contributed by atoms with van der Waals surface area (Å²) in [4.78, 5) is -0.593. The van der Waals surface area contributed by atoms with Gasteiger partial charge in [-0.1, -0.05) is 36.5 Å². The summed E-state index contributed by atoms with van der Waals surface area (Å²) in [5.74, 6) is -0.724. The van der Waals surface area contributed by atoms with Crippen LogP contribution in [0, 0.1) is 0 Å². The molecule has 1 rings (SSSR count). The Labute approximate surface area is 76.8 Å². The van der Waals surface area contributed by atoms with Gasteiger partial charge < -0.3 is 9.47 Å². The predicted octanol–water partition coefficient (Wildman–Crippen LogP) is 2.33. The van der Waals surface area contributed by atoms with Crippen LogP contribution in [0.1, 0.15) is 19.8 Å². The molecular formula is C7H12Cl2O2. The van der Waals surface area contributed by atoms with Crippen LogP contribution in [-0.2, 0) is 9.47 Å². The Morgan fingerprint density at radius 1 is 1.36 bits per heavy atom. The summed E-state index contributed by atoms with van der Waals surface area (Å²) in [5, 5.41) is 0. The van der Waals surface area contributed by atoms with E-state index < -0.39 is 10.6 Å². The molecule has 1 aliphatic heterocycles. The van der Waals surface area contributed by atoms with Gasteiger partial charge in [-0.2, -0.15) is 0 Å². The lowest BCUT2D eigenvalue weighted by molar-refractivity contribution is -0.151. The third kappa shape index (κ3) is 2.00. The second-order valence-corrected chi connectivity index (χ2v) is 3.66. The van der Waals surface area contributed by atoms with E-state index in [-0.39, 0.29) is 0 Å². The zero-order valence-electron chi connectivity index (χ0n) is 6.48. The van der Waals surface area contributed by atoms with E-state index in [1.807, 2.05) is 6.92 Å². The molecule has 0 bridgehead atoms. The minimum Gasteiger partial charge on any atom is -0.345 e. The molecule has 0 aromatic heterocycles. The van der Waals surface area contributed by atoms with Gasteiger partial charge in [0.1, 0.15) is 0 Å². The van der Waals surface area contributed by atoms with Crippen LogP contribution in [0.15, 0.2) is 0 Å². The minimum atomic E-state index is -0.724. The van der Waals surface area contributed by atoms with Crippen LogP contribution in [0.25, 0.3) is 0 Å². The Bertz CT molecular complexity index is 122. The molecule has 0 atom stereocenters. The Morgan fingerprint density at radius 2 is 1.91 bits per heavy atom. The van der Waals surface area contributed by atoms with E-state index in [1.165, 1.54) is 0 Å². The van der Waals surface area contributed by atoms with Crippen LogP contribution in [0.3, 0.4) is 0 Å². The smallest absolute Gasteiger partial charge is 0.198 e. The van der Waals surface area contributed by atoms with E-state index in [2.05, 4.69) is 0 Å². The summed E-state index contributed by atoms with van der Waals surface area (Å²) in [6.07, 6.45) is 1.71. The predicted molar refractivity (Wildman–Crippen MR) is 45.0 cm³/mol. The molecule has 2 nitrogen and oxygen atoms in total. The molecule has 0 amide bonds. The van der Waals surface area contributed by atoms with Gasteiger partial charge in [0.05, 0.1) is 13.2 Å². The van der Waals surface area contributed by atoms with E-state index in [4.69, 9.17) is 32.7 Å². The zero-order valence-corrected chi connectivity index (χ0v) is 7.99. The van der Waals surface area contributed by atoms with Gasteiger partial charge in [-0.3, -0.25) is 0 Å². The fourth-order valence-corrected chi connectivity index (χ4v) is 1.67. The maximum absolute atomic E-state index is 5.74. The molecule has 0 aromatic carbocycles. The number of hydrogen-bond acceptors (Lipinski definition) is 2. The molecule has 11 heavy (non-hydrogen) atoms. The first-order valence-corrected chi connectivity index (χ1v) is 4.64. The van der Waals surface area contributed by atoms with E-state index in [9.17, 15) is 0 Å². The van der Waals surface area contributed by atoms with E-state index in [0.29, 0.717) is 13.2 Å². The molecule has 0 aliphatic carbocycles. The van der Waals surface area contributed by atoms with Crippen molar-refractivity contribution in [2.45, 2.75) is 30.4 Å². The summed E-state index contributed by atoms with van der Waals surface area (Å²) >= 11 is 11.5. The average molecular weight is 199 g/mol. The van der Waals surface area contributed by atoms with Gasteiger partial charge in [-0.15, -0.1) is 0 Å². The first-order valence-electron chi connectivity index (χ1n) is 3.77. The fourth-order valence-electron chi connectivity index (χ4n) is 1.20. The third-order valence-corrected chi connectivity index (χ3v) is 2.37. The molecule has 4 heteroatoms. The molecule has 66 valence electrons. The summed E-state index contributed by atoms with van der Waals surface area (Å²) < 4.78 is 10.7. The molecule has 1 fully saturated rings. The van der Waals surface area contributed by atoms with Crippen molar-refractivity contribution in [3.8, 4) is 0 Å². The number of ether oxygens (including phenoxy) is 2. The van der Waals surface area contributed by atoms with Gasteiger partial charge in [0.25, 0.3) is 0 Å². The molecule has 0 aromatic rings. The van der Waals surface area contributed by atoms with E-state index in [0.717, 1.165) is 12.8 Å². The van der Waals surface area contributed by atoms with Crippen molar-refractivity contribution in [1.29, 1.82) is 0 Å². The molecule has 0 saturated carbocycles. The lowest BCUT2D eigenvalue weighted by atomic mass is 10.2. The highest BCUT2D eigenvalue weighted by molar-refractivity contribution is 6.45. The quantitative estimate of drug-likeness (QED) is 0.649. The van der Waals surface area contributed by atoms with Gasteiger partial charge in [0.2, 0.25) is 0 Å². The minimum absolute atomic E-state index is 0.593. The molecule has 0 N–H and O–H groups in total. The Morgan fingerprint density at radius 3 is 2.27 bits per heavy atom. The van der Waals surface area contributed by atoms with E-state index in [1.54, 1.807) is 0 Å². The highest BCUT2D eigenvalue weighted by Gasteiger charge is 2.41. The van der Waals surface area contributed by atoms with Crippen LogP contribution in [0.5, 0.6) is 0 Å². The fraction of sp³-hybridized carbons (Fsp3) is 1.00. The van der Waals surface area contributed by atoms with Crippen molar-refractivity contribution in [2.75, 3.05) is 13.2 Å². The molecule has 1 heterocycles. The van der Waals surface area contributed by atoms with Crippen molar-refractivity contribution in [2.24, 2.45) is 0 Å². The van der Waals surface area contributed by atoms with Gasteiger partial charge in [-0.05, 0) is 0 Å². The molecule has 1 saturated heterocycles. The van der Waals surface area contributed by atoms with Crippen molar-refractivity contribution in [3.05, 3.63) is 0 Å². The normalized spacial score (nSPS) is 22.9. The van der Waals surface area contributed by atoms with Crippen molar-refractivity contribution >= 4 is 23.2 Å². The first kappa shape index (κ1) is 9.59. The monoisotopic (exact) mass is 198 g/mol. The van der Waals surface area contributed by atoms with Gasteiger partial charge in [-0.25, -0.2) is 0 Å². The molecule has 0 unspecified atom stereocenters. The van der Waals surface area contributed by atoms with Crippen molar-refractivity contribution < 1.29 is 9.47 Å². The molecule has 0 spiro atoms. The van der Waals surface area contributed by atoms with Gasteiger partial charge in [0, 0.05) is 6.42 Å². The molecule has 1 aliphatic rings. The topological polar surface area (TPSA) is 18.5 Å². The highest BCUT2D eigenvalue weighted by atomic mass is 35.5. The SMILES string of the molecule is CCCC1(C(Cl)Cl)OCCO1. The van der Waals surface area contributed by atoms with Crippen LogP contribution in [0.4, 0.5) is 0 Å².